The van der Waals surface area contributed by atoms with Gasteiger partial charge in [0.25, 0.3) is 0 Å². The maximum Gasteiger partial charge on any atom is 0.331 e. The zero-order valence-electron chi connectivity index (χ0n) is 11.0. The van der Waals surface area contributed by atoms with Crippen LogP contribution in [0.3, 0.4) is 0 Å². The van der Waals surface area contributed by atoms with Crippen molar-refractivity contribution in [2.75, 3.05) is 26.9 Å². The lowest BCUT2D eigenvalue weighted by atomic mass is 10.2. The first-order chi connectivity index (χ1) is 9.51. The van der Waals surface area contributed by atoms with E-state index in [9.17, 15) is 14.4 Å². The van der Waals surface area contributed by atoms with Crippen LogP contribution in [0, 0.1) is 12.3 Å². The third-order valence-corrected chi connectivity index (χ3v) is 2.78. The Labute approximate surface area is 116 Å². The highest BCUT2D eigenvalue weighted by molar-refractivity contribution is 5.87. The summed E-state index contributed by atoms with van der Waals surface area (Å²) in [5.41, 5.74) is 0. The highest BCUT2D eigenvalue weighted by Crippen LogP contribution is 2.09. The average molecular weight is 284 g/mol. The Kier molecular flexibility index (Phi) is 5.80. The van der Waals surface area contributed by atoms with Gasteiger partial charge in [0.2, 0.25) is 0 Å². The molecule has 0 aromatic rings. The Balaban J connectivity index is 2.74. The van der Waals surface area contributed by atoms with Gasteiger partial charge < -0.3 is 24.8 Å². The molecule has 0 bridgehead atoms. The second-order valence-corrected chi connectivity index (χ2v) is 4.06. The summed E-state index contributed by atoms with van der Waals surface area (Å²) in [4.78, 5) is 35.7. The molecule has 0 spiro atoms. The number of methoxy groups -OCH3 is 1. The fourth-order valence-electron chi connectivity index (χ4n) is 1.73. The van der Waals surface area contributed by atoms with Gasteiger partial charge in [0.05, 0.1) is 20.3 Å². The Hall–Kier alpha value is -2.27. The van der Waals surface area contributed by atoms with E-state index in [1.165, 1.54) is 12.0 Å². The molecule has 2 amide bonds. The predicted octanol–water partition coefficient (Wildman–Crippen LogP) is -0.954. The number of esters is 1. The predicted molar refractivity (Wildman–Crippen MR) is 66.7 cm³/mol. The Morgan fingerprint density at radius 3 is 2.85 bits per heavy atom. The lowest BCUT2D eigenvalue weighted by Crippen LogP contribution is -2.58. The zero-order valence-corrected chi connectivity index (χ0v) is 11.0. The van der Waals surface area contributed by atoms with Gasteiger partial charge in [-0.15, -0.1) is 12.3 Å². The number of carbonyl (C=O) groups excluding carboxylic acids is 2. The van der Waals surface area contributed by atoms with Crippen LogP contribution in [-0.2, 0) is 19.1 Å². The van der Waals surface area contributed by atoms with Crippen molar-refractivity contribution in [3.63, 3.8) is 0 Å². The fourth-order valence-corrected chi connectivity index (χ4v) is 1.73. The fraction of sp³-hybridized carbons (Fsp3) is 0.583. The number of nitrogens with one attached hydrogen (secondary N) is 1. The van der Waals surface area contributed by atoms with E-state index < -0.39 is 30.1 Å². The molecule has 20 heavy (non-hydrogen) atoms. The molecule has 1 heterocycles. The van der Waals surface area contributed by atoms with Gasteiger partial charge in [-0.05, 0) is 0 Å². The minimum Gasteiger partial charge on any atom is -0.480 e. The Morgan fingerprint density at radius 1 is 1.60 bits per heavy atom. The standard InChI is InChI=1S/C12H16N2O6/c1-3-4-8(10(15)16)13-12(18)14-5-6-20-7-9(14)11(17)19-2/h1,8-9H,4-7H2,2H3,(H,13,18)(H,15,16). The summed E-state index contributed by atoms with van der Waals surface area (Å²) in [6.07, 6.45) is 4.90. The largest absolute Gasteiger partial charge is 0.480 e. The van der Waals surface area contributed by atoms with E-state index in [1.807, 2.05) is 0 Å². The number of amides is 2. The summed E-state index contributed by atoms with van der Waals surface area (Å²) in [5.74, 6) is 0.314. The van der Waals surface area contributed by atoms with Gasteiger partial charge in [-0.1, -0.05) is 0 Å². The molecule has 1 aliphatic heterocycles. The SMILES string of the molecule is C#CCC(NC(=O)N1CCOCC1C(=O)OC)C(=O)O. The number of carboxylic acids is 1. The summed E-state index contributed by atoms with van der Waals surface area (Å²) < 4.78 is 9.70. The molecule has 8 nitrogen and oxygen atoms in total. The second-order valence-electron chi connectivity index (χ2n) is 4.06. The van der Waals surface area contributed by atoms with Crippen LogP contribution in [0.4, 0.5) is 4.79 Å². The molecule has 1 rings (SSSR count). The van der Waals surface area contributed by atoms with Crippen molar-refractivity contribution in [1.82, 2.24) is 10.2 Å². The highest BCUT2D eigenvalue weighted by Gasteiger charge is 2.35. The molecule has 110 valence electrons. The van der Waals surface area contributed by atoms with Crippen molar-refractivity contribution < 1.29 is 29.0 Å². The smallest absolute Gasteiger partial charge is 0.331 e. The van der Waals surface area contributed by atoms with Crippen molar-refractivity contribution in [3.8, 4) is 12.3 Å². The van der Waals surface area contributed by atoms with E-state index in [4.69, 9.17) is 16.3 Å². The van der Waals surface area contributed by atoms with Crippen LogP contribution in [0.1, 0.15) is 6.42 Å². The molecule has 1 fully saturated rings. The molecule has 8 heteroatoms. The molecule has 0 aliphatic carbocycles. The van der Waals surface area contributed by atoms with E-state index in [-0.39, 0.29) is 26.2 Å². The van der Waals surface area contributed by atoms with E-state index in [2.05, 4.69) is 16.0 Å². The minimum atomic E-state index is -1.24. The molecule has 0 saturated carbocycles. The summed E-state index contributed by atoms with van der Waals surface area (Å²) in [6.45, 7) is 0.425. The van der Waals surface area contributed by atoms with Gasteiger partial charge in [-0.3, -0.25) is 0 Å². The van der Waals surface area contributed by atoms with E-state index in [1.54, 1.807) is 0 Å². The second kappa shape index (κ2) is 7.35. The molecule has 0 aromatic heterocycles. The van der Waals surface area contributed by atoms with Crippen LogP contribution < -0.4 is 5.32 Å². The van der Waals surface area contributed by atoms with Crippen molar-refractivity contribution in [3.05, 3.63) is 0 Å². The Bertz CT molecular complexity index is 430. The Morgan fingerprint density at radius 2 is 2.30 bits per heavy atom. The van der Waals surface area contributed by atoms with Crippen LogP contribution >= 0.6 is 0 Å². The number of ether oxygens (including phenoxy) is 2. The van der Waals surface area contributed by atoms with Crippen LogP contribution in [0.5, 0.6) is 0 Å². The number of aliphatic carboxylic acids is 1. The molecule has 2 unspecified atom stereocenters. The van der Waals surface area contributed by atoms with Crippen molar-refractivity contribution >= 4 is 18.0 Å². The number of nitrogens with zero attached hydrogens (tertiary/aromatic N) is 1. The van der Waals surface area contributed by atoms with E-state index >= 15 is 0 Å². The maximum atomic E-state index is 12.0. The van der Waals surface area contributed by atoms with Gasteiger partial charge in [-0.25, -0.2) is 14.4 Å². The number of urea groups is 1. The molecule has 2 N–H and O–H groups in total. The molecule has 0 radical (unpaired) electrons. The normalized spacial score (nSPS) is 19.6. The molecule has 2 atom stereocenters. The minimum absolute atomic E-state index is 0.00691. The van der Waals surface area contributed by atoms with E-state index in [0.717, 1.165) is 0 Å². The van der Waals surface area contributed by atoms with Crippen LogP contribution in [0.2, 0.25) is 0 Å². The molecule has 1 saturated heterocycles. The first-order valence-electron chi connectivity index (χ1n) is 5.90. The molecular formula is C12H16N2O6. The number of hydrogen-bond acceptors (Lipinski definition) is 5. The van der Waals surface area contributed by atoms with Crippen molar-refractivity contribution in [2.24, 2.45) is 0 Å². The lowest BCUT2D eigenvalue weighted by molar-refractivity contribution is -0.151. The quantitative estimate of drug-likeness (QED) is 0.509. The van der Waals surface area contributed by atoms with Crippen LogP contribution in [-0.4, -0.2) is 66.9 Å². The number of morpholine rings is 1. The summed E-state index contributed by atoms with van der Waals surface area (Å²) >= 11 is 0. The summed E-state index contributed by atoms with van der Waals surface area (Å²) in [6, 6.07) is -2.78. The van der Waals surface area contributed by atoms with Gasteiger partial charge in [0.15, 0.2) is 6.04 Å². The van der Waals surface area contributed by atoms with Crippen molar-refractivity contribution in [2.45, 2.75) is 18.5 Å². The van der Waals surface area contributed by atoms with Gasteiger partial charge in [-0.2, -0.15) is 0 Å². The number of carbonyl (C=O) groups is 3. The lowest BCUT2D eigenvalue weighted by Gasteiger charge is -2.34. The molecular weight excluding hydrogens is 268 g/mol. The van der Waals surface area contributed by atoms with Crippen LogP contribution in [0.25, 0.3) is 0 Å². The topological polar surface area (TPSA) is 105 Å². The zero-order chi connectivity index (χ0) is 15.1. The first-order valence-corrected chi connectivity index (χ1v) is 5.90. The monoisotopic (exact) mass is 284 g/mol. The van der Waals surface area contributed by atoms with Crippen molar-refractivity contribution in [1.29, 1.82) is 0 Å². The van der Waals surface area contributed by atoms with Gasteiger partial charge in [0, 0.05) is 13.0 Å². The molecule has 1 aliphatic rings. The highest BCUT2D eigenvalue weighted by atomic mass is 16.5. The van der Waals surface area contributed by atoms with E-state index in [0.29, 0.717) is 0 Å². The van der Waals surface area contributed by atoms with Gasteiger partial charge >= 0.3 is 18.0 Å². The third-order valence-electron chi connectivity index (χ3n) is 2.78. The number of terminal acetylenes is 1. The average Bonchev–Trinajstić information content (AvgIpc) is 2.45. The first kappa shape index (κ1) is 15.8. The number of rotatable bonds is 4. The van der Waals surface area contributed by atoms with Gasteiger partial charge in [0.1, 0.15) is 6.04 Å². The summed E-state index contributed by atoms with van der Waals surface area (Å²) in [7, 11) is 1.20. The van der Waals surface area contributed by atoms with Crippen LogP contribution in [0.15, 0.2) is 0 Å². The maximum absolute atomic E-state index is 12.0. The number of carboxylic acid groups (broad SMARTS) is 1. The summed E-state index contributed by atoms with van der Waals surface area (Å²) in [5, 5.41) is 11.2. The third kappa shape index (κ3) is 3.86. The number of hydrogen-bond donors (Lipinski definition) is 2. The molecule has 0 aromatic carbocycles.